The molecule has 0 bridgehead atoms. The van der Waals surface area contributed by atoms with Crippen molar-refractivity contribution in [2.75, 3.05) is 18.0 Å². The van der Waals surface area contributed by atoms with E-state index in [0.29, 0.717) is 6.07 Å². The van der Waals surface area contributed by atoms with Gasteiger partial charge in [0.25, 0.3) is 11.8 Å². The predicted octanol–water partition coefficient (Wildman–Crippen LogP) is 4.34. The van der Waals surface area contributed by atoms with Gasteiger partial charge in [-0.2, -0.15) is 0 Å². The van der Waals surface area contributed by atoms with Crippen molar-refractivity contribution in [2.45, 2.75) is 63.3 Å². The zero-order chi connectivity index (χ0) is 31.0. The van der Waals surface area contributed by atoms with E-state index in [4.69, 9.17) is 16.3 Å². The van der Waals surface area contributed by atoms with Crippen LogP contribution in [0.5, 0.6) is 0 Å². The second-order valence-corrected chi connectivity index (χ2v) is 11.6. The average Bonchev–Trinajstić information content (AvgIpc) is 2.84. The first-order valence-electron chi connectivity index (χ1n) is 13.0. The molecule has 0 radical (unpaired) electrons. The lowest BCUT2D eigenvalue weighted by molar-refractivity contribution is -0.135. The fourth-order valence-electron chi connectivity index (χ4n) is 4.74. The number of hydrogen-bond donors (Lipinski definition) is 2. The molecule has 1 heterocycles. The number of rotatable bonds is 6. The van der Waals surface area contributed by atoms with Crippen molar-refractivity contribution < 1.29 is 41.5 Å². The highest BCUT2D eigenvalue weighted by atomic mass is 35.5. The monoisotopic (exact) mass is 612 g/mol. The number of alkyl halides is 2. The molecule has 0 spiro atoms. The second kappa shape index (κ2) is 11.8. The Hall–Kier alpha value is -3.87. The van der Waals surface area contributed by atoms with E-state index in [9.17, 15) is 36.7 Å². The fraction of sp³-hybridized carbons (Fsp3) is 0.429. The van der Waals surface area contributed by atoms with E-state index >= 15 is 0 Å². The molecular weight excluding hydrogens is 584 g/mol. The standard InChI is InChI=1S/C28H29ClF4N4O5/c1-27(2,3)42-26(41)36-13-21(35-22(38)14-36)25(40)37(18-9-15(30)8-16(31)10-18)23(19-6-4-5-7-20(19)29)24(39)34-17-11-28(32,33)12-17/h4-10,17,21,23H,11-14H2,1-3H3,(H,34,39)(H,35,38)/t21-,23-/m0/s1. The van der Waals surface area contributed by atoms with Crippen molar-refractivity contribution in [2.24, 2.45) is 0 Å². The van der Waals surface area contributed by atoms with Crippen molar-refractivity contribution >= 4 is 41.1 Å². The molecule has 0 aromatic heterocycles. The van der Waals surface area contributed by atoms with Crippen LogP contribution in [0.3, 0.4) is 0 Å². The molecular formula is C28H29ClF4N4O5. The molecule has 14 heteroatoms. The summed E-state index contributed by atoms with van der Waals surface area (Å²) in [6, 6.07) is 3.86. The van der Waals surface area contributed by atoms with Gasteiger partial charge in [-0.05, 0) is 39.0 Å². The second-order valence-electron chi connectivity index (χ2n) is 11.2. The number of ether oxygens (including phenoxy) is 1. The summed E-state index contributed by atoms with van der Waals surface area (Å²) >= 11 is 6.40. The molecule has 1 saturated heterocycles. The Morgan fingerprint density at radius 2 is 1.74 bits per heavy atom. The third kappa shape index (κ3) is 7.30. The zero-order valence-corrected chi connectivity index (χ0v) is 23.7. The summed E-state index contributed by atoms with van der Waals surface area (Å²) in [5.74, 6) is -7.85. The van der Waals surface area contributed by atoms with Crippen LogP contribution < -0.4 is 15.5 Å². The number of hydrogen-bond acceptors (Lipinski definition) is 5. The minimum Gasteiger partial charge on any atom is -0.444 e. The van der Waals surface area contributed by atoms with E-state index in [2.05, 4.69) is 10.6 Å². The number of halogens is 5. The third-order valence-corrected chi connectivity index (χ3v) is 6.87. The Kier molecular flexibility index (Phi) is 8.72. The van der Waals surface area contributed by atoms with Crippen molar-refractivity contribution in [3.63, 3.8) is 0 Å². The number of amides is 4. The molecule has 2 aromatic rings. The topological polar surface area (TPSA) is 108 Å². The highest BCUT2D eigenvalue weighted by Gasteiger charge is 2.48. The maximum Gasteiger partial charge on any atom is 0.410 e. The van der Waals surface area contributed by atoms with Gasteiger partial charge in [0.05, 0.1) is 12.2 Å². The normalized spacial score (nSPS) is 19.3. The van der Waals surface area contributed by atoms with E-state index in [1.165, 1.54) is 18.2 Å². The van der Waals surface area contributed by atoms with Crippen LogP contribution >= 0.6 is 11.6 Å². The molecule has 0 unspecified atom stereocenters. The quantitative estimate of drug-likeness (QED) is 0.472. The lowest BCUT2D eigenvalue weighted by Gasteiger charge is -2.40. The first-order valence-corrected chi connectivity index (χ1v) is 13.4. The number of anilines is 1. The lowest BCUT2D eigenvalue weighted by Crippen LogP contribution is -2.63. The van der Waals surface area contributed by atoms with Crippen molar-refractivity contribution in [3.8, 4) is 0 Å². The summed E-state index contributed by atoms with van der Waals surface area (Å²) < 4.78 is 61.3. The Morgan fingerprint density at radius 1 is 1.12 bits per heavy atom. The largest absolute Gasteiger partial charge is 0.444 e. The summed E-state index contributed by atoms with van der Waals surface area (Å²) in [7, 11) is 0. The predicted molar refractivity (Wildman–Crippen MR) is 144 cm³/mol. The van der Waals surface area contributed by atoms with Crippen LogP contribution in [-0.4, -0.2) is 65.4 Å². The number of carbonyl (C=O) groups is 4. The van der Waals surface area contributed by atoms with E-state index in [1.807, 2.05) is 0 Å². The van der Waals surface area contributed by atoms with Crippen LogP contribution in [0.2, 0.25) is 5.02 Å². The third-order valence-electron chi connectivity index (χ3n) is 6.53. The number of nitrogens with one attached hydrogen (secondary N) is 2. The molecule has 2 aliphatic rings. The van der Waals surface area contributed by atoms with Crippen LogP contribution in [0.1, 0.15) is 45.2 Å². The maximum absolute atomic E-state index is 14.5. The molecule has 4 rings (SSSR count). The van der Waals surface area contributed by atoms with Gasteiger partial charge in [0.15, 0.2) is 0 Å². The maximum atomic E-state index is 14.5. The van der Waals surface area contributed by atoms with E-state index in [-0.39, 0.29) is 10.6 Å². The minimum absolute atomic E-state index is 0.00525. The number of benzene rings is 2. The van der Waals surface area contributed by atoms with E-state index in [0.717, 1.165) is 21.9 Å². The Bertz CT molecular complexity index is 1370. The van der Waals surface area contributed by atoms with Crippen LogP contribution in [0, 0.1) is 11.6 Å². The molecule has 2 atom stereocenters. The summed E-state index contributed by atoms with van der Waals surface area (Å²) in [5.41, 5.74) is -1.31. The average molecular weight is 613 g/mol. The Morgan fingerprint density at radius 3 is 2.31 bits per heavy atom. The Labute approximate surface area is 244 Å². The van der Waals surface area contributed by atoms with Gasteiger partial charge in [-0.3, -0.25) is 24.2 Å². The van der Waals surface area contributed by atoms with Crippen molar-refractivity contribution in [3.05, 3.63) is 64.7 Å². The number of nitrogens with zero attached hydrogens (tertiary/aromatic N) is 2. The van der Waals surface area contributed by atoms with E-state index in [1.54, 1.807) is 26.8 Å². The van der Waals surface area contributed by atoms with Gasteiger partial charge < -0.3 is 15.4 Å². The molecule has 2 N–H and O–H groups in total. The number of piperazine rings is 1. The van der Waals surface area contributed by atoms with Crippen LogP contribution in [-0.2, 0) is 19.1 Å². The summed E-state index contributed by atoms with van der Waals surface area (Å²) in [4.78, 5) is 54.9. The van der Waals surface area contributed by atoms with Crippen molar-refractivity contribution in [1.29, 1.82) is 0 Å². The smallest absolute Gasteiger partial charge is 0.410 e. The summed E-state index contributed by atoms with van der Waals surface area (Å²) in [6.45, 7) is 4.00. The van der Waals surface area contributed by atoms with Gasteiger partial charge in [-0.15, -0.1) is 0 Å². The van der Waals surface area contributed by atoms with Crippen molar-refractivity contribution in [1.82, 2.24) is 15.5 Å². The van der Waals surface area contributed by atoms with Gasteiger partial charge in [0.2, 0.25) is 11.8 Å². The van der Waals surface area contributed by atoms with Gasteiger partial charge in [0, 0.05) is 35.5 Å². The van der Waals surface area contributed by atoms with Gasteiger partial charge >= 0.3 is 6.09 Å². The lowest BCUT2D eigenvalue weighted by atomic mass is 9.87. The zero-order valence-electron chi connectivity index (χ0n) is 22.9. The van der Waals surface area contributed by atoms with Crippen LogP contribution in [0.4, 0.5) is 28.0 Å². The van der Waals surface area contributed by atoms with Gasteiger partial charge in [0.1, 0.15) is 35.9 Å². The molecule has 1 aliphatic carbocycles. The first kappa shape index (κ1) is 31.1. The SMILES string of the molecule is CC(C)(C)OC(=O)N1CC(=O)N[C@H](C(=O)N(c2cc(F)cc(F)c2)[C@H](C(=O)NC2CC(F)(F)C2)c2ccccc2Cl)C1. The van der Waals surface area contributed by atoms with Crippen LogP contribution in [0.25, 0.3) is 0 Å². The molecule has 226 valence electrons. The summed E-state index contributed by atoms with van der Waals surface area (Å²) in [6.07, 6.45) is -2.16. The molecule has 1 aliphatic heterocycles. The van der Waals surface area contributed by atoms with Gasteiger partial charge in [-0.1, -0.05) is 29.8 Å². The minimum atomic E-state index is -2.98. The molecule has 4 amide bonds. The molecule has 2 aromatic carbocycles. The fourth-order valence-corrected chi connectivity index (χ4v) is 4.98. The highest BCUT2D eigenvalue weighted by molar-refractivity contribution is 6.31. The number of carbonyl (C=O) groups excluding carboxylic acids is 4. The van der Waals surface area contributed by atoms with Crippen LogP contribution in [0.15, 0.2) is 42.5 Å². The molecule has 1 saturated carbocycles. The Balaban J connectivity index is 1.77. The molecule has 2 fully saturated rings. The summed E-state index contributed by atoms with van der Waals surface area (Å²) in [5, 5.41) is 4.91. The molecule has 42 heavy (non-hydrogen) atoms. The first-order chi connectivity index (χ1) is 19.5. The highest BCUT2D eigenvalue weighted by Crippen LogP contribution is 2.39. The van der Waals surface area contributed by atoms with Gasteiger partial charge in [-0.25, -0.2) is 22.4 Å². The van der Waals surface area contributed by atoms with E-state index < -0.39 is 96.7 Å². The molecule has 9 nitrogen and oxygen atoms in total.